The van der Waals surface area contributed by atoms with E-state index in [2.05, 4.69) is 21.3 Å². The smallest absolute Gasteiger partial charge is 0.222 e. The first-order valence-electron chi connectivity index (χ1n) is 21.1. The van der Waals surface area contributed by atoms with Gasteiger partial charge in [0.15, 0.2) is 0 Å². The van der Waals surface area contributed by atoms with Crippen LogP contribution in [-0.2, 0) is 38.2 Å². The number of rotatable bonds is 37. The SMILES string of the molecule is NCCCNC(=O)CCOCC(COCCC(=O)NCCCN)(COCCC(=O)NCCCN)NC(=O)CCCCCCCCCCC(=O)N1C[C@H](O)CC1CO. The Hall–Kier alpha value is -2.97. The number of carbonyl (C=O) groups is 5. The quantitative estimate of drug-likeness (QED) is 0.0352. The third-order valence-electron chi connectivity index (χ3n) is 9.54. The minimum Gasteiger partial charge on any atom is -0.394 e. The number of likely N-dealkylation sites (tertiary alicyclic amines) is 1. The van der Waals surface area contributed by atoms with Gasteiger partial charge in [-0.15, -0.1) is 0 Å². The number of aliphatic hydroxyl groups excluding tert-OH is 2. The van der Waals surface area contributed by atoms with Crippen LogP contribution in [-0.4, -0.2) is 154 Å². The van der Waals surface area contributed by atoms with E-state index in [0.717, 1.165) is 44.9 Å². The second kappa shape index (κ2) is 33.9. The number of hydrogen-bond donors (Lipinski definition) is 9. The third-order valence-corrected chi connectivity index (χ3v) is 9.54. The van der Waals surface area contributed by atoms with E-state index in [1.165, 1.54) is 0 Å². The van der Waals surface area contributed by atoms with Crippen LogP contribution in [0.1, 0.15) is 109 Å². The first-order chi connectivity index (χ1) is 27.6. The van der Waals surface area contributed by atoms with E-state index in [0.29, 0.717) is 84.3 Å². The number of nitrogens with zero attached hydrogens (tertiary/aromatic N) is 1. The van der Waals surface area contributed by atoms with Crippen LogP contribution in [0.25, 0.3) is 0 Å². The van der Waals surface area contributed by atoms with Gasteiger partial charge in [0.25, 0.3) is 0 Å². The molecule has 1 saturated heterocycles. The van der Waals surface area contributed by atoms with Crippen LogP contribution in [0.5, 0.6) is 0 Å². The molecule has 0 aromatic carbocycles. The van der Waals surface area contributed by atoms with Gasteiger partial charge in [-0.05, 0) is 58.2 Å². The second-order valence-corrected chi connectivity index (χ2v) is 14.8. The van der Waals surface area contributed by atoms with E-state index in [-0.39, 0.29) is 108 Å². The number of carbonyl (C=O) groups excluding carboxylic acids is 5. The highest BCUT2D eigenvalue weighted by Gasteiger charge is 2.34. The monoisotopic (exact) mass is 817 g/mol. The van der Waals surface area contributed by atoms with Crippen LogP contribution in [0.4, 0.5) is 0 Å². The minimum absolute atomic E-state index is 0.0121. The van der Waals surface area contributed by atoms with Crippen LogP contribution >= 0.6 is 0 Å². The van der Waals surface area contributed by atoms with Gasteiger partial charge in [0.1, 0.15) is 5.54 Å². The Balaban J connectivity index is 2.68. The molecule has 0 radical (unpaired) electrons. The Morgan fingerprint density at radius 1 is 0.579 bits per heavy atom. The summed E-state index contributed by atoms with van der Waals surface area (Å²) in [6.45, 7) is 3.13. The summed E-state index contributed by atoms with van der Waals surface area (Å²) >= 11 is 0. The van der Waals surface area contributed by atoms with Crippen molar-refractivity contribution in [2.24, 2.45) is 17.2 Å². The summed E-state index contributed by atoms with van der Waals surface area (Å²) in [6.07, 6.45) is 10.1. The molecule has 0 aromatic heterocycles. The van der Waals surface area contributed by atoms with Gasteiger partial charge in [-0.2, -0.15) is 0 Å². The second-order valence-electron chi connectivity index (χ2n) is 14.8. The van der Waals surface area contributed by atoms with Crippen molar-refractivity contribution in [2.45, 2.75) is 127 Å². The number of β-amino-alcohol motifs (C(OH)–C–C–N with tert-alkyl or cyclic N) is 1. The molecule has 0 aliphatic carbocycles. The average Bonchev–Trinajstić information content (AvgIpc) is 3.58. The van der Waals surface area contributed by atoms with Gasteiger partial charge in [-0.1, -0.05) is 38.5 Å². The highest BCUT2D eigenvalue weighted by molar-refractivity contribution is 5.78. The van der Waals surface area contributed by atoms with Crippen LogP contribution < -0.4 is 38.5 Å². The molecule has 12 N–H and O–H groups in total. The van der Waals surface area contributed by atoms with Crippen LogP contribution in [0.3, 0.4) is 0 Å². The fourth-order valence-electron chi connectivity index (χ4n) is 6.28. The fraction of sp³-hybridized carbons (Fsp3) is 0.872. The maximum absolute atomic E-state index is 13.4. The maximum Gasteiger partial charge on any atom is 0.222 e. The van der Waals surface area contributed by atoms with E-state index in [9.17, 15) is 34.2 Å². The van der Waals surface area contributed by atoms with Crippen molar-refractivity contribution in [3.8, 4) is 0 Å². The first kappa shape index (κ1) is 52.0. The summed E-state index contributed by atoms with van der Waals surface area (Å²) in [7, 11) is 0. The molecule has 1 unspecified atom stereocenters. The zero-order chi connectivity index (χ0) is 42.0. The van der Waals surface area contributed by atoms with Crippen molar-refractivity contribution < 1.29 is 48.4 Å². The van der Waals surface area contributed by atoms with Crippen molar-refractivity contribution in [1.29, 1.82) is 0 Å². The molecule has 18 heteroatoms. The predicted molar refractivity (Wildman–Crippen MR) is 217 cm³/mol. The number of ether oxygens (including phenoxy) is 3. The molecule has 1 aliphatic heterocycles. The Morgan fingerprint density at radius 2 is 0.982 bits per heavy atom. The maximum atomic E-state index is 13.4. The van der Waals surface area contributed by atoms with Gasteiger partial charge >= 0.3 is 0 Å². The predicted octanol–water partition coefficient (Wildman–Crippen LogP) is -0.688. The van der Waals surface area contributed by atoms with Crippen molar-refractivity contribution in [1.82, 2.24) is 26.2 Å². The van der Waals surface area contributed by atoms with Gasteiger partial charge in [-0.3, -0.25) is 24.0 Å². The Kier molecular flexibility index (Phi) is 31.0. The molecular weight excluding hydrogens is 740 g/mol. The van der Waals surface area contributed by atoms with Crippen LogP contribution in [0.2, 0.25) is 0 Å². The van der Waals surface area contributed by atoms with Gasteiger partial charge in [0, 0.05) is 58.3 Å². The Labute approximate surface area is 339 Å². The average molecular weight is 817 g/mol. The normalized spacial score (nSPS) is 15.4. The topological polar surface area (TPSA) is 283 Å². The molecule has 1 fully saturated rings. The lowest BCUT2D eigenvalue weighted by Crippen LogP contribution is -2.58. The lowest BCUT2D eigenvalue weighted by Gasteiger charge is -2.34. The summed E-state index contributed by atoms with van der Waals surface area (Å²) in [5, 5.41) is 30.7. The van der Waals surface area contributed by atoms with E-state index in [4.69, 9.17) is 31.4 Å². The number of nitrogens with two attached hydrogens (primary N) is 3. The number of nitrogens with one attached hydrogen (secondary N) is 4. The van der Waals surface area contributed by atoms with Gasteiger partial charge in [0.2, 0.25) is 29.5 Å². The summed E-state index contributed by atoms with van der Waals surface area (Å²) in [5.41, 5.74) is 15.4. The summed E-state index contributed by atoms with van der Waals surface area (Å²) < 4.78 is 17.8. The molecule has 332 valence electrons. The highest BCUT2D eigenvalue weighted by Crippen LogP contribution is 2.20. The van der Waals surface area contributed by atoms with Crippen molar-refractivity contribution in [3.05, 3.63) is 0 Å². The molecule has 1 rings (SSSR count). The zero-order valence-electron chi connectivity index (χ0n) is 34.4. The molecule has 0 spiro atoms. The number of amides is 5. The third kappa shape index (κ3) is 26.6. The van der Waals surface area contributed by atoms with Gasteiger partial charge in [0.05, 0.1) is 58.4 Å². The summed E-state index contributed by atoms with van der Waals surface area (Å²) in [5.74, 6) is -0.779. The van der Waals surface area contributed by atoms with Crippen LogP contribution in [0.15, 0.2) is 0 Å². The molecule has 0 bridgehead atoms. The standard InChI is InChI=1S/C39H76N8O10/c40-17-9-20-43-34(50)14-23-55-29-39(30-56-24-15-35(51)44-21-10-18-41,31-57-25-16-36(52)45-22-11-19-42)46-37(53)12-7-5-3-1-2-4-6-8-13-38(54)47-27-33(49)26-32(47)28-48/h32-33,48-49H,1-31,40-42H2,(H,43,50)(H,44,51)(H,45,52)(H,46,53)/t32?,33-/m1/s1. The fourth-order valence-corrected chi connectivity index (χ4v) is 6.28. The van der Waals surface area contributed by atoms with E-state index in [1.807, 2.05) is 0 Å². The molecule has 2 atom stereocenters. The number of hydrogen-bond acceptors (Lipinski definition) is 13. The summed E-state index contributed by atoms with van der Waals surface area (Å²) in [4.78, 5) is 64.2. The lowest BCUT2D eigenvalue weighted by atomic mass is 10.0. The molecular formula is C39H76N8O10. The molecule has 0 saturated carbocycles. The molecule has 57 heavy (non-hydrogen) atoms. The van der Waals surface area contributed by atoms with Gasteiger partial charge in [-0.25, -0.2) is 0 Å². The Morgan fingerprint density at radius 3 is 1.39 bits per heavy atom. The minimum atomic E-state index is -1.16. The Bertz CT molecular complexity index is 1030. The van der Waals surface area contributed by atoms with Gasteiger partial charge < -0.3 is 67.8 Å². The van der Waals surface area contributed by atoms with E-state index in [1.54, 1.807) is 4.90 Å². The molecule has 18 nitrogen and oxygen atoms in total. The summed E-state index contributed by atoms with van der Waals surface area (Å²) in [6, 6.07) is -0.287. The van der Waals surface area contributed by atoms with Crippen molar-refractivity contribution in [3.63, 3.8) is 0 Å². The number of aliphatic hydroxyl groups is 2. The first-order valence-corrected chi connectivity index (χ1v) is 21.1. The van der Waals surface area contributed by atoms with E-state index >= 15 is 0 Å². The van der Waals surface area contributed by atoms with Crippen molar-refractivity contribution >= 4 is 29.5 Å². The molecule has 1 heterocycles. The molecule has 5 amide bonds. The van der Waals surface area contributed by atoms with Crippen LogP contribution in [0, 0.1) is 0 Å². The number of unbranched alkanes of at least 4 members (excludes halogenated alkanes) is 7. The van der Waals surface area contributed by atoms with E-state index < -0.39 is 11.6 Å². The zero-order valence-corrected chi connectivity index (χ0v) is 34.4. The molecule has 0 aromatic rings. The lowest BCUT2D eigenvalue weighted by molar-refractivity contribution is -0.133. The largest absolute Gasteiger partial charge is 0.394 e. The molecule has 1 aliphatic rings. The highest BCUT2D eigenvalue weighted by atomic mass is 16.5. The van der Waals surface area contributed by atoms with Crippen molar-refractivity contribution in [2.75, 3.05) is 92.1 Å².